The first kappa shape index (κ1) is 16.5. The Bertz CT molecular complexity index is 441. The molecule has 20 heavy (non-hydrogen) atoms. The Morgan fingerprint density at radius 1 is 1.10 bits per heavy atom. The van der Waals surface area contributed by atoms with Crippen LogP contribution in [0.3, 0.4) is 0 Å². The van der Waals surface area contributed by atoms with Gasteiger partial charge in [0.25, 0.3) is 0 Å². The van der Waals surface area contributed by atoms with Crippen LogP contribution in [0, 0.1) is 13.8 Å². The van der Waals surface area contributed by atoms with Gasteiger partial charge in [-0.05, 0) is 37.8 Å². The van der Waals surface area contributed by atoms with Crippen LogP contribution >= 0.6 is 0 Å². The smallest absolute Gasteiger partial charge is 0.319 e. The van der Waals surface area contributed by atoms with Gasteiger partial charge >= 0.3 is 6.03 Å². The highest BCUT2D eigenvalue weighted by atomic mass is 16.2. The van der Waals surface area contributed by atoms with E-state index in [4.69, 9.17) is 0 Å². The van der Waals surface area contributed by atoms with Crippen LogP contribution in [-0.2, 0) is 6.42 Å². The van der Waals surface area contributed by atoms with E-state index in [9.17, 15) is 4.79 Å². The molecule has 0 saturated carbocycles. The summed E-state index contributed by atoms with van der Waals surface area (Å²) in [5, 5.41) is 5.93. The number of hydrogen-bond acceptors (Lipinski definition) is 1. The summed E-state index contributed by atoms with van der Waals surface area (Å²) < 4.78 is 0. The number of rotatable bonds is 7. The molecule has 0 aliphatic carbocycles. The van der Waals surface area contributed by atoms with Crippen molar-refractivity contribution in [1.29, 1.82) is 0 Å². The van der Waals surface area contributed by atoms with Crippen molar-refractivity contribution < 1.29 is 4.79 Å². The van der Waals surface area contributed by atoms with Gasteiger partial charge in [0.1, 0.15) is 0 Å². The fraction of sp³-hybridized carbons (Fsp3) is 0.588. The van der Waals surface area contributed by atoms with Gasteiger partial charge in [-0.25, -0.2) is 4.79 Å². The molecule has 3 heteroatoms. The van der Waals surface area contributed by atoms with Crippen LogP contribution in [0.4, 0.5) is 10.5 Å². The molecule has 0 aromatic heterocycles. The van der Waals surface area contributed by atoms with Crippen LogP contribution < -0.4 is 10.6 Å². The molecule has 0 fully saturated rings. The summed E-state index contributed by atoms with van der Waals surface area (Å²) in [6.07, 6.45) is 5.61. The van der Waals surface area contributed by atoms with E-state index in [-0.39, 0.29) is 6.03 Å². The third-order valence-electron chi connectivity index (χ3n) is 3.50. The minimum absolute atomic E-state index is 0.0943. The van der Waals surface area contributed by atoms with Gasteiger partial charge in [-0.15, -0.1) is 0 Å². The Morgan fingerprint density at radius 3 is 2.50 bits per heavy atom. The van der Waals surface area contributed by atoms with Crippen LogP contribution in [-0.4, -0.2) is 12.6 Å². The number of carbonyl (C=O) groups is 1. The molecule has 0 aliphatic rings. The summed E-state index contributed by atoms with van der Waals surface area (Å²) in [5.74, 6) is 0. The fourth-order valence-corrected chi connectivity index (χ4v) is 2.42. The van der Waals surface area contributed by atoms with Crippen LogP contribution in [0.2, 0.25) is 0 Å². The quantitative estimate of drug-likeness (QED) is 0.704. The Morgan fingerprint density at radius 2 is 1.85 bits per heavy atom. The van der Waals surface area contributed by atoms with Crippen LogP contribution in [0.5, 0.6) is 0 Å². The molecule has 1 aromatic rings. The number of hydrogen-bond donors (Lipinski definition) is 2. The number of amides is 2. The second-order valence-electron chi connectivity index (χ2n) is 5.41. The van der Waals surface area contributed by atoms with Gasteiger partial charge in [0.05, 0.1) is 0 Å². The molecule has 0 spiro atoms. The second kappa shape index (κ2) is 8.62. The summed E-state index contributed by atoms with van der Waals surface area (Å²) >= 11 is 0. The SMILES string of the molecule is CCCCCCNC(=O)Nc1c(C)cc(C)cc1CC. The van der Waals surface area contributed by atoms with Gasteiger partial charge in [0.15, 0.2) is 0 Å². The molecule has 2 amide bonds. The lowest BCUT2D eigenvalue weighted by Gasteiger charge is -2.15. The van der Waals surface area contributed by atoms with Crippen molar-refractivity contribution in [3.63, 3.8) is 0 Å². The molecule has 2 N–H and O–H groups in total. The van der Waals surface area contributed by atoms with E-state index in [1.807, 2.05) is 6.92 Å². The number of anilines is 1. The second-order valence-corrected chi connectivity index (χ2v) is 5.41. The maximum absolute atomic E-state index is 11.9. The highest BCUT2D eigenvalue weighted by Crippen LogP contribution is 2.23. The van der Waals surface area contributed by atoms with Gasteiger partial charge in [-0.2, -0.15) is 0 Å². The lowest BCUT2D eigenvalue weighted by Crippen LogP contribution is -2.30. The van der Waals surface area contributed by atoms with E-state index in [1.54, 1.807) is 0 Å². The number of urea groups is 1. The highest BCUT2D eigenvalue weighted by Gasteiger charge is 2.09. The summed E-state index contributed by atoms with van der Waals surface area (Å²) in [5.41, 5.74) is 4.53. The van der Waals surface area contributed by atoms with E-state index in [0.717, 1.165) is 30.6 Å². The van der Waals surface area contributed by atoms with Crippen LogP contribution in [0.1, 0.15) is 56.2 Å². The minimum atomic E-state index is -0.0943. The summed E-state index contributed by atoms with van der Waals surface area (Å²) in [6.45, 7) is 9.18. The molecule has 3 nitrogen and oxygen atoms in total. The topological polar surface area (TPSA) is 41.1 Å². The number of nitrogens with one attached hydrogen (secondary N) is 2. The number of carbonyl (C=O) groups excluding carboxylic acids is 1. The number of aryl methyl sites for hydroxylation is 3. The number of unbranched alkanes of at least 4 members (excludes halogenated alkanes) is 3. The molecule has 0 aliphatic heterocycles. The van der Waals surface area contributed by atoms with Crippen LogP contribution in [0.25, 0.3) is 0 Å². The summed E-state index contributed by atoms with van der Waals surface area (Å²) in [4.78, 5) is 11.9. The van der Waals surface area contributed by atoms with E-state index in [0.29, 0.717) is 0 Å². The van der Waals surface area contributed by atoms with Gasteiger partial charge in [0, 0.05) is 12.2 Å². The largest absolute Gasteiger partial charge is 0.338 e. The third kappa shape index (κ3) is 5.24. The molecule has 112 valence electrons. The molecule has 0 saturated heterocycles. The highest BCUT2D eigenvalue weighted by molar-refractivity contribution is 5.91. The van der Waals surface area contributed by atoms with Crippen molar-refractivity contribution >= 4 is 11.7 Å². The average molecular weight is 276 g/mol. The number of benzene rings is 1. The van der Waals surface area contributed by atoms with E-state index in [2.05, 4.69) is 43.5 Å². The predicted octanol–water partition coefficient (Wildman–Crippen LogP) is 4.57. The predicted molar refractivity (Wildman–Crippen MR) is 86.5 cm³/mol. The molecule has 1 rings (SSSR count). The van der Waals surface area contributed by atoms with Crippen molar-refractivity contribution in [2.75, 3.05) is 11.9 Å². The molecule has 0 atom stereocenters. The molecule has 0 bridgehead atoms. The Kier molecular flexibility index (Phi) is 7.13. The van der Waals surface area contributed by atoms with E-state index in [1.165, 1.54) is 30.4 Å². The van der Waals surface area contributed by atoms with Crippen molar-refractivity contribution in [2.45, 2.75) is 59.8 Å². The van der Waals surface area contributed by atoms with Crippen molar-refractivity contribution in [3.8, 4) is 0 Å². The lowest BCUT2D eigenvalue weighted by atomic mass is 10.0. The minimum Gasteiger partial charge on any atom is -0.338 e. The maximum Gasteiger partial charge on any atom is 0.319 e. The molecular weight excluding hydrogens is 248 g/mol. The lowest BCUT2D eigenvalue weighted by molar-refractivity contribution is 0.252. The Balaban J connectivity index is 2.53. The zero-order valence-electron chi connectivity index (χ0n) is 13.3. The fourth-order valence-electron chi connectivity index (χ4n) is 2.42. The van der Waals surface area contributed by atoms with E-state index >= 15 is 0 Å². The monoisotopic (exact) mass is 276 g/mol. The molecule has 0 unspecified atom stereocenters. The van der Waals surface area contributed by atoms with Crippen LogP contribution in [0.15, 0.2) is 12.1 Å². The Hall–Kier alpha value is -1.51. The van der Waals surface area contributed by atoms with Gasteiger partial charge in [0.2, 0.25) is 0 Å². The molecule has 1 aromatic carbocycles. The van der Waals surface area contributed by atoms with E-state index < -0.39 is 0 Å². The molecular formula is C17H28N2O. The molecule has 0 heterocycles. The van der Waals surface area contributed by atoms with Gasteiger partial charge in [-0.1, -0.05) is 50.8 Å². The third-order valence-corrected chi connectivity index (χ3v) is 3.50. The zero-order chi connectivity index (χ0) is 15.0. The zero-order valence-corrected chi connectivity index (χ0v) is 13.3. The van der Waals surface area contributed by atoms with Crippen molar-refractivity contribution in [2.24, 2.45) is 0 Å². The first-order valence-electron chi connectivity index (χ1n) is 7.73. The van der Waals surface area contributed by atoms with Crippen molar-refractivity contribution in [1.82, 2.24) is 5.32 Å². The standard InChI is InChI=1S/C17H28N2O/c1-5-7-8-9-10-18-17(20)19-16-14(4)11-13(3)12-15(16)6-2/h11-12H,5-10H2,1-4H3,(H2,18,19,20). The van der Waals surface area contributed by atoms with Gasteiger partial charge < -0.3 is 10.6 Å². The average Bonchev–Trinajstić information content (AvgIpc) is 2.41. The first-order chi connectivity index (χ1) is 9.58. The maximum atomic E-state index is 11.9. The summed E-state index contributed by atoms with van der Waals surface area (Å²) in [7, 11) is 0. The van der Waals surface area contributed by atoms with Gasteiger partial charge in [-0.3, -0.25) is 0 Å². The normalized spacial score (nSPS) is 10.4. The van der Waals surface area contributed by atoms with Crippen molar-refractivity contribution in [3.05, 3.63) is 28.8 Å². The Labute approximate surface area is 123 Å². The molecule has 0 radical (unpaired) electrons. The summed E-state index contributed by atoms with van der Waals surface area (Å²) in [6, 6.07) is 4.16. The first-order valence-corrected chi connectivity index (χ1v) is 7.73.